The van der Waals surface area contributed by atoms with Gasteiger partial charge in [0, 0.05) is 44.0 Å². The molecule has 1 aliphatic rings. The molecule has 1 atom stereocenters. The van der Waals surface area contributed by atoms with Crippen molar-refractivity contribution in [3.8, 4) is 0 Å². The van der Waals surface area contributed by atoms with Crippen molar-refractivity contribution in [3.05, 3.63) is 205 Å². The summed E-state index contributed by atoms with van der Waals surface area (Å²) in [7, 11) is 5.31. The second kappa shape index (κ2) is 39.5. The average molecular weight is 1960 g/mol. The van der Waals surface area contributed by atoms with Crippen LogP contribution in [0.15, 0.2) is 93.9 Å². The summed E-state index contributed by atoms with van der Waals surface area (Å²) in [5, 5.41) is 33.9. The molecule has 50 heteroatoms. The molecule has 110 heavy (non-hydrogen) atoms. The van der Waals surface area contributed by atoms with Gasteiger partial charge in [-0.15, -0.1) is 23.2 Å². The van der Waals surface area contributed by atoms with Crippen LogP contribution in [0.3, 0.4) is 0 Å². The predicted molar refractivity (Wildman–Crippen MR) is 329 cm³/mol. The Morgan fingerprint density at radius 3 is 0.736 bits per heavy atom. The molecule has 0 spiro atoms. The van der Waals surface area contributed by atoms with E-state index in [0.29, 0.717) is 60.7 Å². The van der Waals surface area contributed by atoms with Crippen LogP contribution in [0.25, 0.3) is 0 Å². The Bertz CT molecular complexity index is 3590. The van der Waals surface area contributed by atoms with E-state index in [2.05, 4.69) is 63.7 Å². The Labute approximate surface area is 636 Å². The second-order valence-corrected chi connectivity index (χ2v) is 24.2. The molecule has 4 N–H and O–H groups in total. The van der Waals surface area contributed by atoms with Gasteiger partial charge in [-0.3, -0.25) is 0 Å². The molecule has 7 rings (SSSR count). The number of hydrogen-bond acceptors (Lipinski definition) is 5. The molecule has 1 fully saturated rings. The first kappa shape index (κ1) is 102. The number of ether oxygens (including phenoxy) is 1. The normalized spacial score (nSPS) is 14.0. The van der Waals surface area contributed by atoms with Crippen molar-refractivity contribution in [2.75, 3.05) is 6.61 Å². The number of hydrogen-bond donors (Lipinski definition) is 4. The summed E-state index contributed by atoms with van der Waals surface area (Å²) in [6.45, 7) is -1.49. The van der Waals surface area contributed by atoms with Crippen LogP contribution in [0, 0.1) is 0 Å². The van der Waals surface area contributed by atoms with Crippen molar-refractivity contribution in [1.29, 1.82) is 0 Å². The molecule has 0 aliphatic carbocycles. The summed E-state index contributed by atoms with van der Waals surface area (Å²) in [4.78, 5) is 21.2. The molecule has 7 nitrogen and oxygen atoms in total. The maximum Gasteiger partial charge on any atom is 0.417 e. The lowest BCUT2D eigenvalue weighted by atomic mass is 9.97. The molecule has 1 unspecified atom stereocenters. The molecule has 1 saturated heterocycles. The van der Waals surface area contributed by atoms with Gasteiger partial charge < -0.3 is 25.2 Å². The van der Waals surface area contributed by atoms with E-state index in [1.165, 1.54) is 0 Å². The van der Waals surface area contributed by atoms with Crippen molar-refractivity contribution in [2.45, 2.75) is 129 Å². The van der Waals surface area contributed by atoms with Crippen LogP contribution in [0.1, 0.15) is 134 Å². The number of aromatic carboxylic acids is 2. The van der Waals surface area contributed by atoms with Gasteiger partial charge in [-0.05, 0) is 131 Å². The van der Waals surface area contributed by atoms with E-state index in [0.717, 1.165) is 19.4 Å². The first-order valence-corrected chi connectivity index (χ1v) is 32.6. The van der Waals surface area contributed by atoms with E-state index >= 15 is 0 Å². The van der Waals surface area contributed by atoms with E-state index in [9.17, 15) is 168 Å². The molecule has 616 valence electrons. The quantitative estimate of drug-likeness (QED) is 0.0680. The van der Waals surface area contributed by atoms with Crippen molar-refractivity contribution >= 4 is 107 Å². The lowest BCUT2D eigenvalue weighted by Gasteiger charge is -2.17. The van der Waals surface area contributed by atoms with Crippen LogP contribution < -0.4 is 0 Å². The van der Waals surface area contributed by atoms with E-state index in [1.54, 1.807) is 0 Å². The summed E-state index contributed by atoms with van der Waals surface area (Å²) in [6.07, 6.45) is -55.7. The van der Waals surface area contributed by atoms with Gasteiger partial charge in [0.25, 0.3) is 0 Å². The van der Waals surface area contributed by atoms with Gasteiger partial charge in [0.1, 0.15) is 7.85 Å². The minimum absolute atomic E-state index is 0.0463. The van der Waals surface area contributed by atoms with E-state index < -0.39 is 231 Å². The van der Waals surface area contributed by atoms with Crippen LogP contribution in [0.4, 0.5) is 158 Å². The lowest BCUT2D eigenvalue weighted by Crippen LogP contribution is -2.20. The van der Waals surface area contributed by atoms with Gasteiger partial charge in [0.2, 0.25) is 0 Å². The molecule has 6 aromatic rings. The van der Waals surface area contributed by atoms with Crippen molar-refractivity contribution in [2.24, 2.45) is 0 Å². The zero-order chi connectivity index (χ0) is 86.4. The molecule has 0 bridgehead atoms. The SMILES string of the molecule is FC(F)(F)c1cc(Br)c(C(F)(F)F)cc1Br.FC(F)(F)c1cc(CBr)c(C(F)(F)F)cc1CBr.FC(F)(F)c1cc(CCl)c(C(F)(F)F)cc1CCl.FC(F)(F)c1ccc(C(F)(F)F)cc1.O=C(O)c1cc(C(F)(F)F)c(C(=O)O)cc1C(F)(F)F.OCc1cc(C(F)(F)F)c(CO)cc1C(F)(F)F.[B]C1CCCO1. The van der Waals surface area contributed by atoms with Gasteiger partial charge in [0.05, 0.1) is 91.1 Å². The molecule has 0 aromatic heterocycles. The molecule has 0 saturated carbocycles. The lowest BCUT2D eigenvalue weighted by molar-refractivity contribution is -0.143. The van der Waals surface area contributed by atoms with Crippen LogP contribution >= 0.6 is 86.9 Å². The molecule has 1 heterocycles. The van der Waals surface area contributed by atoms with Crippen molar-refractivity contribution in [1.82, 2.24) is 0 Å². The predicted octanol–water partition coefficient (Wildman–Crippen LogP) is 25.8. The van der Waals surface area contributed by atoms with Gasteiger partial charge >= 0.3 is 86.1 Å². The number of carboxylic acid groups (broad SMARTS) is 2. The Hall–Kier alpha value is -5.82. The Morgan fingerprint density at radius 2 is 0.573 bits per heavy atom. The highest BCUT2D eigenvalue weighted by Gasteiger charge is 2.46. The largest absolute Gasteiger partial charge is 0.478 e. The number of benzene rings is 6. The third-order valence-corrected chi connectivity index (χ3v) is 16.2. The molecule has 0 amide bonds. The fourth-order valence-electron chi connectivity index (χ4n) is 8.21. The monoisotopic (exact) mass is 1950 g/mol. The zero-order valence-electron chi connectivity index (χ0n) is 52.5. The van der Waals surface area contributed by atoms with Crippen LogP contribution in [-0.4, -0.2) is 52.8 Å². The first-order chi connectivity index (χ1) is 49.3. The van der Waals surface area contributed by atoms with E-state index in [-0.39, 0.29) is 40.9 Å². The average Bonchev–Trinajstić information content (AvgIpc) is 0.782. The summed E-state index contributed by atoms with van der Waals surface area (Å²) >= 11 is 21.0. The minimum Gasteiger partial charge on any atom is -0.478 e. The number of aliphatic hydroxyl groups is 2. The summed E-state index contributed by atoms with van der Waals surface area (Å²) in [5.41, 5.74) is -22.9. The smallest absolute Gasteiger partial charge is 0.417 e. The first-order valence-electron chi connectivity index (χ1n) is 27.7. The highest BCUT2D eigenvalue weighted by Crippen LogP contribution is 2.47. The highest BCUT2D eigenvalue weighted by atomic mass is 79.9. The minimum atomic E-state index is -5.30. The Balaban J connectivity index is 0.000000651. The fraction of sp³-hybridized carbons (Fsp3) is 0.367. The third-order valence-electron chi connectivity index (χ3n) is 13.1. The van der Waals surface area contributed by atoms with Crippen molar-refractivity contribution < 1.29 is 193 Å². The summed E-state index contributed by atoms with van der Waals surface area (Å²) in [5.74, 6) is -5.83. The maximum absolute atomic E-state index is 12.7. The number of carboxylic acids is 2. The number of carbonyl (C=O) groups is 2. The Kier molecular flexibility index (Phi) is 36.7. The standard InChI is InChI=1S/C10H6Br2F6.C10H6Cl2F6.C10H4F6O4.C10H8F6O2.C8H2Br2F6.C8H4F6.C4H7BO/c2*11-3-5-1-7(9(13,14)15)6(4-12)2-8(5)10(16,17)18;11-9(12,13)5-1-3(7(17)18)6(10(14,15)16)2-4(5)8(19)20;11-9(12,13)7-1-5(3-17)8(10(14,15)16)2-6(7)4-18;9-5-1-3(7(11,12)13)6(10)2-4(5)8(14,15)16;9-7(10,11)5-1-2-6(4-3-5)8(12,13)14;5-4-2-1-3-6-4/h2*1-2H,3-4H2;1-2H,(H,17,18)(H,19,20);1-2,17-18H,3-4H2;1-2H;1-4H;4H,1-3H2. The van der Waals surface area contributed by atoms with Gasteiger partial charge in [-0.1, -0.05) is 63.7 Å². The summed E-state index contributed by atoms with van der Waals surface area (Å²) in [6, 6.07) is 4.05. The maximum atomic E-state index is 12.7. The van der Waals surface area contributed by atoms with Gasteiger partial charge in [-0.2, -0.15) is 158 Å². The number of halogens is 42. The van der Waals surface area contributed by atoms with Crippen LogP contribution in [-0.2, 0) is 114 Å². The molecular weight excluding hydrogens is 1920 g/mol. The van der Waals surface area contributed by atoms with Crippen LogP contribution in [0.2, 0.25) is 0 Å². The van der Waals surface area contributed by atoms with Gasteiger partial charge in [0.15, 0.2) is 0 Å². The number of aliphatic hydroxyl groups excluding tert-OH is 2. The highest BCUT2D eigenvalue weighted by molar-refractivity contribution is 9.11. The summed E-state index contributed by atoms with van der Waals surface area (Å²) < 4.78 is 451. The van der Waals surface area contributed by atoms with Crippen LogP contribution in [0.5, 0.6) is 0 Å². The molecule has 2 radical (unpaired) electrons. The van der Waals surface area contributed by atoms with E-state index in [4.69, 9.17) is 56.2 Å². The number of alkyl halides is 40. The topological polar surface area (TPSA) is 124 Å². The third kappa shape index (κ3) is 31.2. The molecular formula is C60H37BBr4Cl2F36O7. The van der Waals surface area contributed by atoms with Gasteiger partial charge in [-0.25, -0.2) is 9.59 Å². The fourth-order valence-corrected chi connectivity index (χ4v) is 10.7. The van der Waals surface area contributed by atoms with E-state index in [1.807, 2.05) is 0 Å². The zero-order valence-corrected chi connectivity index (χ0v) is 60.3. The Morgan fingerprint density at radius 1 is 0.355 bits per heavy atom. The second-order valence-electron chi connectivity index (χ2n) is 20.8. The number of rotatable bonds is 8. The molecule has 6 aromatic carbocycles. The van der Waals surface area contributed by atoms with Crippen molar-refractivity contribution in [3.63, 3.8) is 0 Å². The molecule has 1 aliphatic heterocycles.